The highest BCUT2D eigenvalue weighted by atomic mass is 19.1. The van der Waals surface area contributed by atoms with Crippen LogP contribution in [0.25, 0.3) is 0 Å². The molecule has 0 atom stereocenters. The van der Waals surface area contributed by atoms with E-state index in [2.05, 4.69) is 10.2 Å². The zero-order valence-electron chi connectivity index (χ0n) is 16.6. The molecule has 0 spiro atoms. The van der Waals surface area contributed by atoms with E-state index in [1.165, 1.54) is 12.1 Å². The third-order valence-electron chi connectivity index (χ3n) is 5.13. The van der Waals surface area contributed by atoms with Crippen LogP contribution in [-0.4, -0.2) is 54.3 Å². The number of hydrogen-bond acceptors (Lipinski definition) is 3. The summed E-state index contributed by atoms with van der Waals surface area (Å²) in [7, 11) is 0. The first-order chi connectivity index (χ1) is 14.1. The summed E-state index contributed by atoms with van der Waals surface area (Å²) < 4.78 is 13.0. The summed E-state index contributed by atoms with van der Waals surface area (Å²) >= 11 is 0. The Kier molecular flexibility index (Phi) is 7.76. The Morgan fingerprint density at radius 3 is 2.41 bits per heavy atom. The fourth-order valence-electron chi connectivity index (χ4n) is 3.54. The van der Waals surface area contributed by atoms with Crippen molar-refractivity contribution in [1.29, 1.82) is 0 Å². The molecule has 2 aromatic carbocycles. The normalized spacial score (nSPS) is 15.0. The fraction of sp³-hybridized carbons (Fsp3) is 0.391. The second-order valence-electron chi connectivity index (χ2n) is 7.40. The third kappa shape index (κ3) is 6.98. The molecule has 0 unspecified atom stereocenters. The van der Waals surface area contributed by atoms with Gasteiger partial charge in [0.15, 0.2) is 0 Å². The van der Waals surface area contributed by atoms with E-state index in [0.717, 1.165) is 43.7 Å². The van der Waals surface area contributed by atoms with Crippen LogP contribution in [0.2, 0.25) is 0 Å². The molecule has 154 valence electrons. The van der Waals surface area contributed by atoms with Crippen molar-refractivity contribution in [3.05, 3.63) is 71.5 Å². The monoisotopic (exact) mass is 397 g/mol. The van der Waals surface area contributed by atoms with E-state index in [1.54, 1.807) is 12.1 Å². The quantitative estimate of drug-likeness (QED) is 0.781. The summed E-state index contributed by atoms with van der Waals surface area (Å²) in [5.41, 5.74) is 2.04. The van der Waals surface area contributed by atoms with E-state index < -0.39 is 0 Å². The average Bonchev–Trinajstić information content (AvgIpc) is 2.96. The van der Waals surface area contributed by atoms with Crippen LogP contribution >= 0.6 is 0 Å². The zero-order chi connectivity index (χ0) is 20.5. The number of rotatable bonds is 7. The lowest BCUT2D eigenvalue weighted by Crippen LogP contribution is -2.37. The summed E-state index contributed by atoms with van der Waals surface area (Å²) in [5.74, 6) is -0.212. The number of halogens is 1. The molecule has 2 amide bonds. The maximum atomic E-state index is 13.0. The summed E-state index contributed by atoms with van der Waals surface area (Å²) in [4.78, 5) is 28.7. The van der Waals surface area contributed by atoms with E-state index in [1.807, 2.05) is 35.2 Å². The number of carbonyl (C=O) groups excluding carboxylic acids is 2. The molecule has 29 heavy (non-hydrogen) atoms. The molecule has 1 N–H and O–H groups in total. The molecule has 1 aliphatic heterocycles. The number of nitrogens with one attached hydrogen (secondary N) is 1. The van der Waals surface area contributed by atoms with E-state index >= 15 is 0 Å². The smallest absolute Gasteiger partial charge is 0.224 e. The minimum Gasteiger partial charge on any atom is -0.355 e. The molecule has 0 radical (unpaired) electrons. The van der Waals surface area contributed by atoms with Crippen molar-refractivity contribution in [1.82, 2.24) is 15.1 Å². The molecule has 1 saturated heterocycles. The Hall–Kier alpha value is -2.73. The zero-order valence-corrected chi connectivity index (χ0v) is 16.6. The third-order valence-corrected chi connectivity index (χ3v) is 5.13. The largest absolute Gasteiger partial charge is 0.355 e. The Morgan fingerprint density at radius 2 is 1.66 bits per heavy atom. The maximum absolute atomic E-state index is 13.0. The van der Waals surface area contributed by atoms with Gasteiger partial charge in [0, 0.05) is 45.7 Å². The molecule has 1 aliphatic rings. The molecule has 1 fully saturated rings. The van der Waals surface area contributed by atoms with E-state index in [-0.39, 0.29) is 17.6 Å². The molecular formula is C23H28FN3O2. The van der Waals surface area contributed by atoms with Crippen LogP contribution in [0.1, 0.15) is 24.0 Å². The minimum absolute atomic E-state index is 0.0645. The van der Waals surface area contributed by atoms with Gasteiger partial charge in [0.25, 0.3) is 0 Å². The van der Waals surface area contributed by atoms with Gasteiger partial charge in [-0.1, -0.05) is 42.5 Å². The van der Waals surface area contributed by atoms with Crippen LogP contribution in [0.5, 0.6) is 0 Å². The van der Waals surface area contributed by atoms with Crippen molar-refractivity contribution in [2.24, 2.45) is 0 Å². The number of hydrogen-bond donors (Lipinski definition) is 1. The average molecular weight is 397 g/mol. The highest BCUT2D eigenvalue weighted by Crippen LogP contribution is 2.11. The van der Waals surface area contributed by atoms with Crippen LogP contribution in [0.4, 0.5) is 4.39 Å². The Morgan fingerprint density at radius 1 is 0.897 bits per heavy atom. The lowest BCUT2D eigenvalue weighted by Gasteiger charge is -2.22. The molecule has 6 heteroatoms. The van der Waals surface area contributed by atoms with Gasteiger partial charge in [0.1, 0.15) is 5.82 Å². The van der Waals surface area contributed by atoms with Gasteiger partial charge in [0.05, 0.1) is 6.42 Å². The molecule has 0 aliphatic carbocycles. The number of carbonyl (C=O) groups is 2. The van der Waals surface area contributed by atoms with Gasteiger partial charge in [-0.15, -0.1) is 0 Å². The second kappa shape index (κ2) is 10.7. The van der Waals surface area contributed by atoms with Crippen molar-refractivity contribution in [3.8, 4) is 0 Å². The van der Waals surface area contributed by atoms with Gasteiger partial charge in [-0.25, -0.2) is 4.39 Å². The summed E-state index contributed by atoms with van der Waals surface area (Å²) in [6, 6.07) is 16.1. The van der Waals surface area contributed by atoms with E-state index in [0.29, 0.717) is 25.9 Å². The van der Waals surface area contributed by atoms with Crippen LogP contribution in [0.3, 0.4) is 0 Å². The van der Waals surface area contributed by atoms with Crippen molar-refractivity contribution in [2.45, 2.75) is 25.8 Å². The van der Waals surface area contributed by atoms with Crippen molar-refractivity contribution >= 4 is 11.8 Å². The first kappa shape index (κ1) is 21.0. The molecule has 0 aromatic heterocycles. The Balaban J connectivity index is 1.37. The molecule has 0 bridgehead atoms. The lowest BCUT2D eigenvalue weighted by atomic mass is 10.1. The highest BCUT2D eigenvalue weighted by Gasteiger charge is 2.19. The SMILES string of the molecule is O=C(Cc1ccccc1)NCCC(=O)N1CCCN(Cc2ccc(F)cc2)CC1. The van der Waals surface area contributed by atoms with Crippen LogP contribution in [0, 0.1) is 5.82 Å². The Bertz CT molecular complexity index is 796. The highest BCUT2D eigenvalue weighted by molar-refractivity contribution is 5.80. The van der Waals surface area contributed by atoms with E-state index in [9.17, 15) is 14.0 Å². The van der Waals surface area contributed by atoms with Crippen LogP contribution < -0.4 is 5.32 Å². The van der Waals surface area contributed by atoms with Gasteiger partial charge >= 0.3 is 0 Å². The molecule has 5 nitrogen and oxygen atoms in total. The van der Waals surface area contributed by atoms with E-state index in [4.69, 9.17) is 0 Å². The van der Waals surface area contributed by atoms with Gasteiger partial charge in [-0.05, 0) is 29.7 Å². The molecular weight excluding hydrogens is 369 g/mol. The molecule has 3 rings (SSSR count). The maximum Gasteiger partial charge on any atom is 0.224 e. The first-order valence-electron chi connectivity index (χ1n) is 10.2. The van der Waals surface area contributed by atoms with Gasteiger partial charge in [-0.3, -0.25) is 14.5 Å². The molecule has 1 heterocycles. The summed E-state index contributed by atoms with van der Waals surface area (Å²) in [6.07, 6.45) is 1.56. The van der Waals surface area contributed by atoms with Crippen LogP contribution in [0.15, 0.2) is 54.6 Å². The Labute approximate surface area is 171 Å². The predicted octanol–water partition coefficient (Wildman–Crippen LogP) is 2.61. The predicted molar refractivity (Wildman–Crippen MR) is 111 cm³/mol. The summed E-state index contributed by atoms with van der Waals surface area (Å²) in [6.45, 7) is 4.24. The number of benzene rings is 2. The number of nitrogens with zero attached hydrogens (tertiary/aromatic N) is 2. The second-order valence-corrected chi connectivity index (χ2v) is 7.40. The van der Waals surface area contributed by atoms with Gasteiger partial charge in [-0.2, -0.15) is 0 Å². The first-order valence-corrected chi connectivity index (χ1v) is 10.2. The van der Waals surface area contributed by atoms with Gasteiger partial charge in [0.2, 0.25) is 11.8 Å². The fourth-order valence-corrected chi connectivity index (χ4v) is 3.54. The van der Waals surface area contributed by atoms with Crippen molar-refractivity contribution in [3.63, 3.8) is 0 Å². The van der Waals surface area contributed by atoms with Gasteiger partial charge < -0.3 is 10.2 Å². The van der Waals surface area contributed by atoms with Crippen molar-refractivity contribution in [2.75, 3.05) is 32.7 Å². The molecule has 0 saturated carbocycles. The van der Waals surface area contributed by atoms with Crippen LogP contribution in [-0.2, 0) is 22.6 Å². The topological polar surface area (TPSA) is 52.7 Å². The standard InChI is InChI=1S/C23H28FN3O2/c24-21-9-7-20(8-10-21)18-26-13-4-14-27(16-15-26)23(29)11-12-25-22(28)17-19-5-2-1-3-6-19/h1-3,5-10H,4,11-18H2,(H,25,28). The minimum atomic E-state index is -0.225. The summed E-state index contributed by atoms with van der Waals surface area (Å²) in [5, 5.41) is 2.84. The lowest BCUT2D eigenvalue weighted by molar-refractivity contribution is -0.131. The van der Waals surface area contributed by atoms with Crippen molar-refractivity contribution < 1.29 is 14.0 Å². The molecule has 2 aromatic rings. The number of amides is 2.